The predicted octanol–water partition coefficient (Wildman–Crippen LogP) is 3.92. The van der Waals surface area contributed by atoms with Crippen LogP contribution in [0.1, 0.15) is 43.2 Å². The smallest absolute Gasteiger partial charge is 0.235 e. The fraction of sp³-hybridized carbons (Fsp3) is 0.391. The second-order valence-corrected chi connectivity index (χ2v) is 7.89. The number of hydrogen-bond acceptors (Lipinski definition) is 2. The number of rotatable bonds is 3. The summed E-state index contributed by atoms with van der Waals surface area (Å²) in [7, 11) is 0. The van der Waals surface area contributed by atoms with E-state index in [1.165, 1.54) is 6.42 Å². The molecule has 1 saturated carbocycles. The zero-order chi connectivity index (χ0) is 17.7. The topological polar surface area (TPSA) is 37.1 Å². The number of carbonyl (C=O) groups is 2. The molecule has 0 radical (unpaired) electrons. The lowest BCUT2D eigenvalue weighted by molar-refractivity contribution is -0.135. The molecular formula is C23H23NO2. The molecule has 3 heteroatoms. The van der Waals surface area contributed by atoms with Crippen molar-refractivity contribution in [3.05, 3.63) is 71.8 Å². The van der Waals surface area contributed by atoms with Gasteiger partial charge in [-0.15, -0.1) is 0 Å². The lowest BCUT2D eigenvalue weighted by Crippen LogP contribution is -2.38. The number of ketones is 1. The van der Waals surface area contributed by atoms with Gasteiger partial charge in [0.2, 0.25) is 5.91 Å². The minimum atomic E-state index is -0.595. The fourth-order valence-corrected chi connectivity index (χ4v) is 5.41. The Morgan fingerprint density at radius 3 is 1.77 bits per heavy atom. The molecule has 0 aromatic heterocycles. The van der Waals surface area contributed by atoms with Crippen molar-refractivity contribution in [1.29, 1.82) is 0 Å². The van der Waals surface area contributed by atoms with Gasteiger partial charge in [0.15, 0.2) is 5.78 Å². The van der Waals surface area contributed by atoms with Crippen LogP contribution in [0.5, 0.6) is 0 Å². The molecule has 0 spiro atoms. The number of amides is 1. The van der Waals surface area contributed by atoms with Crippen LogP contribution in [0.15, 0.2) is 60.7 Å². The second-order valence-electron chi connectivity index (χ2n) is 7.89. The Hall–Kier alpha value is -2.42. The first-order chi connectivity index (χ1) is 12.8. The summed E-state index contributed by atoms with van der Waals surface area (Å²) in [6.07, 6.45) is 5.57. The van der Waals surface area contributed by atoms with Crippen LogP contribution in [0.2, 0.25) is 0 Å². The van der Waals surface area contributed by atoms with Crippen molar-refractivity contribution in [1.82, 2.24) is 4.90 Å². The number of Topliss-reactive ketones (excluding diaryl/α,β-unsaturated/α-hetero) is 1. The lowest BCUT2D eigenvalue weighted by Gasteiger charge is -2.29. The third-order valence-electron chi connectivity index (χ3n) is 6.59. The van der Waals surface area contributed by atoms with Gasteiger partial charge in [0.05, 0.1) is 0 Å². The average molecular weight is 345 g/mol. The van der Waals surface area contributed by atoms with Crippen LogP contribution >= 0.6 is 0 Å². The number of nitrogens with zero attached hydrogens (tertiary/aromatic N) is 1. The average Bonchev–Trinajstić information content (AvgIpc) is 3.34. The van der Waals surface area contributed by atoms with Crippen LogP contribution in [0, 0.1) is 11.8 Å². The summed E-state index contributed by atoms with van der Waals surface area (Å²) in [5.74, 6) is 0.0517. The molecule has 3 aliphatic rings. The maximum atomic E-state index is 13.4. The first kappa shape index (κ1) is 15.8. The zero-order valence-electron chi connectivity index (χ0n) is 14.8. The SMILES string of the molecule is O=C1C(C2CCCCC2)C(=O)N2C1C2(c1ccccc1)c1ccccc1. The van der Waals surface area contributed by atoms with Crippen molar-refractivity contribution in [2.75, 3.05) is 0 Å². The molecule has 0 N–H and O–H groups in total. The van der Waals surface area contributed by atoms with E-state index in [1.807, 2.05) is 65.6 Å². The Morgan fingerprint density at radius 2 is 1.31 bits per heavy atom. The van der Waals surface area contributed by atoms with Crippen molar-refractivity contribution in [3.8, 4) is 0 Å². The van der Waals surface area contributed by atoms with Crippen LogP contribution in [-0.2, 0) is 15.1 Å². The Balaban J connectivity index is 1.57. The first-order valence-corrected chi connectivity index (χ1v) is 9.74. The van der Waals surface area contributed by atoms with E-state index in [2.05, 4.69) is 0 Å². The number of carbonyl (C=O) groups excluding carboxylic acids is 2. The molecule has 3 fully saturated rings. The van der Waals surface area contributed by atoms with E-state index in [0.717, 1.165) is 36.8 Å². The van der Waals surface area contributed by atoms with E-state index in [-0.39, 0.29) is 23.7 Å². The van der Waals surface area contributed by atoms with Crippen LogP contribution in [0.25, 0.3) is 0 Å². The van der Waals surface area contributed by atoms with Crippen LogP contribution in [0.4, 0.5) is 0 Å². The summed E-state index contributed by atoms with van der Waals surface area (Å²) in [4.78, 5) is 28.6. The van der Waals surface area contributed by atoms with Gasteiger partial charge in [0, 0.05) is 0 Å². The molecule has 3 nitrogen and oxygen atoms in total. The van der Waals surface area contributed by atoms with Gasteiger partial charge in [-0.25, -0.2) is 0 Å². The van der Waals surface area contributed by atoms with Gasteiger partial charge in [-0.3, -0.25) is 9.59 Å². The van der Waals surface area contributed by atoms with E-state index < -0.39 is 11.5 Å². The van der Waals surface area contributed by atoms with Gasteiger partial charge in [-0.2, -0.15) is 0 Å². The predicted molar refractivity (Wildman–Crippen MR) is 99.4 cm³/mol. The van der Waals surface area contributed by atoms with Crippen molar-refractivity contribution < 1.29 is 9.59 Å². The number of hydrogen-bond donors (Lipinski definition) is 0. The van der Waals surface area contributed by atoms with Crippen molar-refractivity contribution in [2.24, 2.45) is 11.8 Å². The Labute approximate surface area is 154 Å². The Bertz CT molecular complexity index is 776. The molecule has 1 amide bonds. The van der Waals surface area contributed by atoms with E-state index in [1.54, 1.807) is 0 Å². The van der Waals surface area contributed by atoms with E-state index in [9.17, 15) is 9.59 Å². The highest BCUT2D eigenvalue weighted by atomic mass is 16.2. The molecule has 2 saturated heterocycles. The molecule has 0 bridgehead atoms. The van der Waals surface area contributed by atoms with Crippen LogP contribution in [0.3, 0.4) is 0 Å². The van der Waals surface area contributed by atoms with Gasteiger partial charge in [0.25, 0.3) is 0 Å². The monoisotopic (exact) mass is 345 g/mol. The van der Waals surface area contributed by atoms with Crippen molar-refractivity contribution in [3.63, 3.8) is 0 Å². The van der Waals surface area contributed by atoms with E-state index in [0.29, 0.717) is 0 Å². The summed E-state index contributed by atoms with van der Waals surface area (Å²) in [5.41, 5.74) is 1.49. The van der Waals surface area contributed by atoms with Gasteiger partial charge >= 0.3 is 0 Å². The first-order valence-electron chi connectivity index (χ1n) is 9.74. The Morgan fingerprint density at radius 1 is 0.769 bits per heavy atom. The molecule has 2 atom stereocenters. The number of piperidine rings is 1. The van der Waals surface area contributed by atoms with E-state index >= 15 is 0 Å². The lowest BCUT2D eigenvalue weighted by atomic mass is 9.74. The number of fused-ring (bicyclic) bond motifs is 1. The van der Waals surface area contributed by atoms with Crippen molar-refractivity contribution >= 4 is 11.7 Å². The Kier molecular flexibility index (Phi) is 3.53. The summed E-state index contributed by atoms with van der Waals surface area (Å²) < 4.78 is 0. The molecule has 2 heterocycles. The summed E-state index contributed by atoms with van der Waals surface area (Å²) in [6, 6.07) is 19.8. The highest BCUT2D eigenvalue weighted by molar-refractivity contribution is 6.16. The van der Waals surface area contributed by atoms with Gasteiger partial charge < -0.3 is 4.90 Å². The zero-order valence-corrected chi connectivity index (χ0v) is 14.8. The number of benzene rings is 2. The summed E-state index contributed by atoms with van der Waals surface area (Å²) in [5, 5.41) is 0. The quantitative estimate of drug-likeness (QED) is 0.624. The maximum Gasteiger partial charge on any atom is 0.235 e. The summed E-state index contributed by atoms with van der Waals surface area (Å²) >= 11 is 0. The fourth-order valence-electron chi connectivity index (χ4n) is 5.41. The molecular weight excluding hydrogens is 322 g/mol. The third kappa shape index (κ3) is 2.00. The van der Waals surface area contributed by atoms with E-state index in [4.69, 9.17) is 0 Å². The highest BCUT2D eigenvalue weighted by Gasteiger charge is 2.76. The highest BCUT2D eigenvalue weighted by Crippen LogP contribution is 2.61. The molecule has 5 rings (SSSR count). The normalized spacial score (nSPS) is 27.5. The van der Waals surface area contributed by atoms with Gasteiger partial charge in [-0.1, -0.05) is 79.9 Å². The third-order valence-corrected chi connectivity index (χ3v) is 6.59. The van der Waals surface area contributed by atoms with Crippen molar-refractivity contribution in [2.45, 2.75) is 43.7 Å². The van der Waals surface area contributed by atoms with Crippen LogP contribution < -0.4 is 0 Å². The minimum absolute atomic E-state index is 0.0552. The van der Waals surface area contributed by atoms with Gasteiger partial charge in [0.1, 0.15) is 17.5 Å². The molecule has 26 heavy (non-hydrogen) atoms. The summed E-state index contributed by atoms with van der Waals surface area (Å²) in [6.45, 7) is 0. The van der Waals surface area contributed by atoms with Crippen LogP contribution in [-0.4, -0.2) is 22.6 Å². The minimum Gasteiger partial charge on any atom is -0.312 e. The standard InChI is InChI=1S/C23H23NO2/c25-20-19(16-10-4-1-5-11-16)22(26)24-21(20)23(24,17-12-6-2-7-13-17)18-14-8-3-9-15-18/h2-3,6-9,12-16,19,21H,1,4-5,10-11H2. The molecule has 2 aliphatic heterocycles. The molecule has 1 aliphatic carbocycles. The molecule has 2 unspecified atom stereocenters. The molecule has 2 aromatic rings. The largest absolute Gasteiger partial charge is 0.312 e. The second kappa shape index (κ2) is 5.80. The van der Waals surface area contributed by atoms with Gasteiger partial charge in [-0.05, 0) is 29.9 Å². The molecule has 2 aromatic carbocycles. The maximum absolute atomic E-state index is 13.4. The molecule has 132 valence electrons.